The minimum Gasteiger partial charge on any atom is -0.793 e. The van der Waals surface area contributed by atoms with E-state index in [1.165, 1.54) is 0 Å². The SMILES string of the molecule is CCO[Si](CCC[S-])(OCC)OCC.[Na+]. The minimum absolute atomic E-state index is 0. The van der Waals surface area contributed by atoms with Crippen LogP contribution < -0.4 is 29.6 Å². The molecule has 0 bridgehead atoms. The summed E-state index contributed by atoms with van der Waals surface area (Å²) in [6.45, 7) is 7.82. The van der Waals surface area contributed by atoms with Gasteiger partial charge in [-0.1, -0.05) is 6.42 Å². The Morgan fingerprint density at radius 3 is 1.60 bits per heavy atom. The van der Waals surface area contributed by atoms with Crippen molar-refractivity contribution in [1.82, 2.24) is 0 Å². The molecule has 15 heavy (non-hydrogen) atoms. The quantitative estimate of drug-likeness (QED) is 0.392. The fourth-order valence-corrected chi connectivity index (χ4v) is 4.30. The summed E-state index contributed by atoms with van der Waals surface area (Å²) in [5.41, 5.74) is 0. The molecule has 0 aliphatic heterocycles. The predicted octanol–water partition coefficient (Wildman–Crippen LogP) is -1.02. The number of hydrogen-bond donors (Lipinski definition) is 0. The van der Waals surface area contributed by atoms with Crippen LogP contribution in [0.3, 0.4) is 0 Å². The van der Waals surface area contributed by atoms with Crippen molar-refractivity contribution in [3.63, 3.8) is 0 Å². The van der Waals surface area contributed by atoms with Gasteiger partial charge in [0.05, 0.1) is 0 Å². The molecule has 0 aromatic heterocycles. The standard InChI is InChI=1S/C9H22O3SSi.Na/c1-4-10-14(11-5-2,12-6-3)9-7-8-13;/h13H,4-9H2,1-3H3;/q;+1/p-1. The summed E-state index contributed by atoms with van der Waals surface area (Å²) in [5.74, 6) is 0.738. The van der Waals surface area contributed by atoms with Gasteiger partial charge in [0.1, 0.15) is 0 Å². The Morgan fingerprint density at radius 1 is 0.933 bits per heavy atom. The van der Waals surface area contributed by atoms with Crippen molar-refractivity contribution in [3.05, 3.63) is 0 Å². The second-order valence-electron chi connectivity index (χ2n) is 2.79. The third kappa shape index (κ3) is 8.21. The van der Waals surface area contributed by atoms with Gasteiger partial charge in [-0.2, -0.15) is 5.75 Å². The van der Waals surface area contributed by atoms with Gasteiger partial charge in [-0.05, 0) is 20.8 Å². The first kappa shape index (κ1) is 18.8. The molecule has 0 N–H and O–H groups in total. The maximum absolute atomic E-state index is 5.66. The fourth-order valence-electron chi connectivity index (χ4n) is 1.29. The third-order valence-electron chi connectivity index (χ3n) is 1.72. The van der Waals surface area contributed by atoms with E-state index in [4.69, 9.17) is 25.9 Å². The Labute approximate surface area is 122 Å². The van der Waals surface area contributed by atoms with Crippen LogP contribution in [0.4, 0.5) is 0 Å². The summed E-state index contributed by atoms with van der Waals surface area (Å²) in [7, 11) is -2.38. The molecule has 0 radical (unpaired) electrons. The second kappa shape index (κ2) is 11.9. The van der Waals surface area contributed by atoms with E-state index in [1.54, 1.807) is 0 Å². The van der Waals surface area contributed by atoms with Crippen LogP contribution in [0.1, 0.15) is 27.2 Å². The van der Waals surface area contributed by atoms with Gasteiger partial charge in [0, 0.05) is 25.9 Å². The van der Waals surface area contributed by atoms with Crippen LogP contribution in [-0.4, -0.2) is 34.4 Å². The van der Waals surface area contributed by atoms with Gasteiger partial charge in [-0.25, -0.2) is 0 Å². The summed E-state index contributed by atoms with van der Waals surface area (Å²) >= 11 is 4.93. The van der Waals surface area contributed by atoms with Gasteiger partial charge in [-0.3, -0.25) is 0 Å². The summed E-state index contributed by atoms with van der Waals surface area (Å²) in [4.78, 5) is 0. The zero-order chi connectivity index (χ0) is 10.9. The monoisotopic (exact) mass is 260 g/mol. The normalized spacial score (nSPS) is 11.2. The molecule has 0 aliphatic rings. The van der Waals surface area contributed by atoms with Crippen molar-refractivity contribution < 1.29 is 42.8 Å². The largest absolute Gasteiger partial charge is 1.00 e. The Morgan fingerprint density at radius 2 is 1.33 bits per heavy atom. The minimum atomic E-state index is -2.38. The molecule has 3 nitrogen and oxygen atoms in total. The Balaban J connectivity index is 0. The first-order valence-corrected chi connectivity index (χ1v) is 7.75. The van der Waals surface area contributed by atoms with Gasteiger partial charge < -0.3 is 25.9 Å². The molecule has 0 rings (SSSR count). The smallest absolute Gasteiger partial charge is 0.793 e. The van der Waals surface area contributed by atoms with Crippen LogP contribution in [0, 0.1) is 0 Å². The topological polar surface area (TPSA) is 27.7 Å². The molecule has 0 heterocycles. The molecule has 0 aliphatic carbocycles. The van der Waals surface area contributed by atoms with Gasteiger partial charge >= 0.3 is 38.4 Å². The molecule has 0 spiro atoms. The summed E-state index contributed by atoms with van der Waals surface area (Å²) < 4.78 is 17.0. The fraction of sp³-hybridized carbons (Fsp3) is 1.00. The predicted molar refractivity (Wildman–Crippen MR) is 62.3 cm³/mol. The zero-order valence-corrected chi connectivity index (χ0v) is 14.2. The molecular weight excluding hydrogens is 239 g/mol. The average Bonchev–Trinajstić information content (AvgIpc) is 2.16. The summed E-state index contributed by atoms with van der Waals surface area (Å²) in [6, 6.07) is 0.839. The van der Waals surface area contributed by atoms with Gasteiger partial charge in [0.2, 0.25) is 0 Å². The summed E-state index contributed by atoms with van der Waals surface area (Å²) in [5, 5.41) is 0. The van der Waals surface area contributed by atoms with E-state index in [9.17, 15) is 0 Å². The van der Waals surface area contributed by atoms with Gasteiger partial charge in [0.15, 0.2) is 0 Å². The molecule has 6 heteroatoms. The van der Waals surface area contributed by atoms with Crippen LogP contribution in [0.5, 0.6) is 0 Å². The zero-order valence-electron chi connectivity index (χ0n) is 10.4. The molecule has 0 fully saturated rings. The molecule has 0 amide bonds. The van der Waals surface area contributed by atoms with Crippen molar-refractivity contribution in [2.75, 3.05) is 25.6 Å². The molecular formula is C9H21NaO3SSi. The van der Waals surface area contributed by atoms with Gasteiger partial charge in [-0.15, -0.1) is 0 Å². The third-order valence-corrected chi connectivity index (χ3v) is 5.16. The second-order valence-corrected chi connectivity index (χ2v) is 5.93. The van der Waals surface area contributed by atoms with E-state index in [0.717, 1.165) is 18.2 Å². The van der Waals surface area contributed by atoms with E-state index in [-0.39, 0.29) is 29.6 Å². The number of rotatable bonds is 9. The molecule has 0 unspecified atom stereocenters. The first-order chi connectivity index (χ1) is 6.74. The van der Waals surface area contributed by atoms with Crippen molar-refractivity contribution in [2.45, 2.75) is 33.2 Å². The first-order valence-electron chi connectivity index (χ1n) is 5.24. The van der Waals surface area contributed by atoms with Crippen molar-refractivity contribution in [2.24, 2.45) is 0 Å². The van der Waals surface area contributed by atoms with Crippen LogP contribution in [0.15, 0.2) is 0 Å². The Bertz CT molecular complexity index is 124. The molecule has 0 saturated heterocycles. The molecule has 0 aromatic rings. The van der Waals surface area contributed by atoms with Crippen molar-refractivity contribution >= 4 is 21.4 Å². The van der Waals surface area contributed by atoms with Crippen molar-refractivity contribution in [1.29, 1.82) is 0 Å². The number of hydrogen-bond acceptors (Lipinski definition) is 4. The molecule has 0 saturated carbocycles. The van der Waals surface area contributed by atoms with E-state index in [2.05, 4.69) is 0 Å². The van der Waals surface area contributed by atoms with Crippen LogP contribution in [-0.2, 0) is 25.9 Å². The maximum Gasteiger partial charge on any atom is 1.00 e. The van der Waals surface area contributed by atoms with Crippen molar-refractivity contribution in [3.8, 4) is 0 Å². The van der Waals surface area contributed by atoms with Gasteiger partial charge in [0.25, 0.3) is 0 Å². The maximum atomic E-state index is 5.66. The van der Waals surface area contributed by atoms with Crippen LogP contribution in [0.2, 0.25) is 6.04 Å². The molecule has 86 valence electrons. The van der Waals surface area contributed by atoms with E-state index in [0.29, 0.717) is 19.8 Å². The van der Waals surface area contributed by atoms with E-state index < -0.39 is 8.80 Å². The van der Waals surface area contributed by atoms with Crippen LogP contribution in [0.25, 0.3) is 0 Å². The van der Waals surface area contributed by atoms with E-state index in [1.807, 2.05) is 20.8 Å². The Kier molecular flexibility index (Phi) is 14.9. The van der Waals surface area contributed by atoms with E-state index >= 15 is 0 Å². The Hall–Kier alpha value is 1.45. The molecule has 0 aromatic carbocycles. The average molecular weight is 260 g/mol. The van der Waals surface area contributed by atoms with Crippen LogP contribution >= 0.6 is 0 Å². The molecule has 0 atom stereocenters. The summed E-state index contributed by atoms with van der Waals surface area (Å²) in [6.07, 6.45) is 0.932.